The van der Waals surface area contributed by atoms with Gasteiger partial charge in [-0.1, -0.05) is 5.16 Å². The second-order valence-electron chi connectivity index (χ2n) is 3.25. The summed E-state index contributed by atoms with van der Waals surface area (Å²) in [5.74, 6) is -0.434. The number of nitrogens with zero attached hydrogens (tertiary/aromatic N) is 2. The fourth-order valence-electron chi connectivity index (χ4n) is 1.25. The first kappa shape index (κ1) is 12.2. The van der Waals surface area contributed by atoms with Crippen molar-refractivity contribution in [1.29, 1.82) is 0 Å². The molecule has 0 aliphatic carbocycles. The van der Waals surface area contributed by atoms with Gasteiger partial charge in [0.2, 0.25) is 0 Å². The highest BCUT2D eigenvalue weighted by molar-refractivity contribution is 6.39. The first-order valence-corrected chi connectivity index (χ1v) is 5.12. The zero-order valence-corrected chi connectivity index (χ0v) is 9.61. The molecule has 0 aromatic carbocycles. The van der Waals surface area contributed by atoms with Crippen LogP contribution in [-0.2, 0) is 9.59 Å². The minimum absolute atomic E-state index is 0.253. The third-order valence-corrected chi connectivity index (χ3v) is 2.11. The summed E-state index contributed by atoms with van der Waals surface area (Å²) in [7, 11) is 0. The highest BCUT2D eigenvalue weighted by atomic mass is 16.5. The lowest BCUT2D eigenvalue weighted by molar-refractivity contribution is -0.142. The van der Waals surface area contributed by atoms with E-state index in [1.54, 1.807) is 13.0 Å². The zero-order valence-electron chi connectivity index (χ0n) is 9.61. The van der Waals surface area contributed by atoms with Crippen molar-refractivity contribution in [1.82, 2.24) is 10.1 Å². The molecule has 0 saturated heterocycles. The van der Waals surface area contributed by atoms with Crippen LogP contribution in [-0.4, -0.2) is 35.0 Å². The van der Waals surface area contributed by atoms with Crippen molar-refractivity contribution in [3.05, 3.63) is 11.8 Å². The SMILES string of the molecule is CCN(CC)C(=O)C(=O)Nc1cc(C)on1. The summed E-state index contributed by atoms with van der Waals surface area (Å²) in [5, 5.41) is 5.95. The highest BCUT2D eigenvalue weighted by Crippen LogP contribution is 2.07. The van der Waals surface area contributed by atoms with E-state index in [1.807, 2.05) is 13.8 Å². The van der Waals surface area contributed by atoms with E-state index >= 15 is 0 Å². The lowest BCUT2D eigenvalue weighted by Gasteiger charge is -2.16. The van der Waals surface area contributed by atoms with Gasteiger partial charge in [0.25, 0.3) is 0 Å². The van der Waals surface area contributed by atoms with Crippen molar-refractivity contribution < 1.29 is 14.1 Å². The Labute approximate surface area is 93.6 Å². The molecule has 1 rings (SSSR count). The molecule has 88 valence electrons. The van der Waals surface area contributed by atoms with Crippen LogP contribution in [0.2, 0.25) is 0 Å². The Morgan fingerprint density at radius 2 is 2.06 bits per heavy atom. The molecule has 1 heterocycles. The summed E-state index contributed by atoms with van der Waals surface area (Å²) < 4.78 is 4.77. The minimum Gasteiger partial charge on any atom is -0.360 e. The molecule has 1 N–H and O–H groups in total. The second kappa shape index (κ2) is 5.29. The number of likely N-dealkylation sites (N-methyl/N-ethyl adjacent to an activating group) is 1. The second-order valence-corrected chi connectivity index (χ2v) is 3.25. The van der Waals surface area contributed by atoms with Crippen molar-refractivity contribution in [3.63, 3.8) is 0 Å². The fourth-order valence-corrected chi connectivity index (χ4v) is 1.25. The molecule has 1 aromatic rings. The topological polar surface area (TPSA) is 75.4 Å². The monoisotopic (exact) mass is 225 g/mol. The van der Waals surface area contributed by atoms with E-state index in [2.05, 4.69) is 10.5 Å². The van der Waals surface area contributed by atoms with Crippen LogP contribution in [0.15, 0.2) is 10.6 Å². The molecule has 0 unspecified atom stereocenters. The number of hydrogen-bond acceptors (Lipinski definition) is 4. The van der Waals surface area contributed by atoms with Crippen molar-refractivity contribution in [2.45, 2.75) is 20.8 Å². The van der Waals surface area contributed by atoms with E-state index in [4.69, 9.17) is 4.52 Å². The van der Waals surface area contributed by atoms with Crippen molar-refractivity contribution in [3.8, 4) is 0 Å². The number of carbonyl (C=O) groups excluding carboxylic acids is 2. The van der Waals surface area contributed by atoms with Gasteiger partial charge in [0.1, 0.15) is 5.76 Å². The Balaban J connectivity index is 2.61. The Bertz CT molecular complexity index is 382. The third-order valence-electron chi connectivity index (χ3n) is 2.11. The van der Waals surface area contributed by atoms with E-state index in [1.165, 1.54) is 4.90 Å². The first-order chi connectivity index (χ1) is 7.58. The predicted molar refractivity (Wildman–Crippen MR) is 57.8 cm³/mol. The maximum atomic E-state index is 11.6. The normalized spacial score (nSPS) is 9.94. The van der Waals surface area contributed by atoms with Crippen LogP contribution < -0.4 is 5.32 Å². The van der Waals surface area contributed by atoms with Crippen LogP contribution >= 0.6 is 0 Å². The van der Waals surface area contributed by atoms with Crippen LogP contribution in [0.3, 0.4) is 0 Å². The molecule has 6 nitrogen and oxygen atoms in total. The molecule has 0 saturated carbocycles. The Hall–Kier alpha value is -1.85. The van der Waals surface area contributed by atoms with Crippen molar-refractivity contribution in [2.75, 3.05) is 18.4 Å². The van der Waals surface area contributed by atoms with Gasteiger partial charge in [-0.3, -0.25) is 14.9 Å². The average Bonchev–Trinajstić information content (AvgIpc) is 2.65. The molecule has 0 radical (unpaired) electrons. The number of aromatic nitrogens is 1. The summed E-state index contributed by atoms with van der Waals surface area (Å²) in [4.78, 5) is 24.5. The molecular weight excluding hydrogens is 210 g/mol. The molecule has 0 aliphatic rings. The quantitative estimate of drug-likeness (QED) is 0.772. The molecule has 0 spiro atoms. The predicted octanol–water partition coefficient (Wildman–Crippen LogP) is 0.790. The number of carbonyl (C=O) groups is 2. The van der Waals surface area contributed by atoms with Crippen LogP contribution in [0.4, 0.5) is 5.82 Å². The van der Waals surface area contributed by atoms with Gasteiger partial charge < -0.3 is 9.42 Å². The summed E-state index contributed by atoms with van der Waals surface area (Å²) in [6, 6.07) is 1.55. The van der Waals surface area contributed by atoms with Gasteiger partial charge in [-0.15, -0.1) is 0 Å². The van der Waals surface area contributed by atoms with Gasteiger partial charge in [0, 0.05) is 19.2 Å². The van der Waals surface area contributed by atoms with Gasteiger partial charge in [-0.05, 0) is 20.8 Å². The lowest BCUT2D eigenvalue weighted by Crippen LogP contribution is -2.39. The largest absolute Gasteiger partial charge is 0.360 e. The summed E-state index contributed by atoms with van der Waals surface area (Å²) in [6.07, 6.45) is 0. The molecule has 0 aliphatic heterocycles. The van der Waals surface area contributed by atoms with E-state index in [-0.39, 0.29) is 5.82 Å². The standard InChI is InChI=1S/C10H15N3O3/c1-4-13(5-2)10(15)9(14)11-8-6-7(3)16-12-8/h6H,4-5H2,1-3H3,(H,11,12,14). The smallest absolute Gasteiger partial charge is 0.315 e. The summed E-state index contributed by atoms with van der Waals surface area (Å²) in [6.45, 7) is 6.33. The number of rotatable bonds is 3. The molecule has 0 fully saturated rings. The minimum atomic E-state index is -0.697. The molecular formula is C10H15N3O3. The van der Waals surface area contributed by atoms with Crippen LogP contribution in [0, 0.1) is 6.92 Å². The highest BCUT2D eigenvalue weighted by Gasteiger charge is 2.20. The van der Waals surface area contributed by atoms with Gasteiger partial charge in [0.05, 0.1) is 0 Å². The summed E-state index contributed by atoms with van der Waals surface area (Å²) in [5.41, 5.74) is 0. The Morgan fingerprint density at radius 1 is 1.44 bits per heavy atom. The average molecular weight is 225 g/mol. The molecule has 0 bridgehead atoms. The number of nitrogens with one attached hydrogen (secondary N) is 1. The maximum Gasteiger partial charge on any atom is 0.315 e. The maximum absolute atomic E-state index is 11.6. The van der Waals surface area contributed by atoms with Crippen molar-refractivity contribution >= 4 is 17.6 Å². The van der Waals surface area contributed by atoms with Gasteiger partial charge in [0.15, 0.2) is 5.82 Å². The van der Waals surface area contributed by atoms with E-state index < -0.39 is 11.8 Å². The van der Waals surface area contributed by atoms with Gasteiger partial charge >= 0.3 is 11.8 Å². The van der Waals surface area contributed by atoms with E-state index in [0.717, 1.165) is 0 Å². The van der Waals surface area contributed by atoms with Crippen LogP contribution in [0.25, 0.3) is 0 Å². The molecule has 16 heavy (non-hydrogen) atoms. The van der Waals surface area contributed by atoms with E-state index in [9.17, 15) is 9.59 Å². The molecule has 1 aromatic heterocycles. The number of anilines is 1. The lowest BCUT2D eigenvalue weighted by atomic mass is 10.4. The number of amides is 2. The number of aryl methyl sites for hydroxylation is 1. The van der Waals surface area contributed by atoms with Crippen LogP contribution in [0.5, 0.6) is 0 Å². The molecule has 2 amide bonds. The van der Waals surface area contributed by atoms with E-state index in [0.29, 0.717) is 18.8 Å². The zero-order chi connectivity index (χ0) is 12.1. The van der Waals surface area contributed by atoms with Gasteiger partial charge in [-0.2, -0.15) is 0 Å². The Kier molecular flexibility index (Phi) is 4.04. The molecule has 6 heteroatoms. The first-order valence-electron chi connectivity index (χ1n) is 5.12. The summed E-state index contributed by atoms with van der Waals surface area (Å²) >= 11 is 0. The van der Waals surface area contributed by atoms with Gasteiger partial charge in [-0.25, -0.2) is 0 Å². The Morgan fingerprint density at radius 3 is 2.50 bits per heavy atom. The van der Waals surface area contributed by atoms with Crippen molar-refractivity contribution in [2.24, 2.45) is 0 Å². The fraction of sp³-hybridized carbons (Fsp3) is 0.500. The third kappa shape index (κ3) is 2.82. The number of hydrogen-bond donors (Lipinski definition) is 1. The molecule has 0 atom stereocenters. The van der Waals surface area contributed by atoms with Crippen LogP contribution in [0.1, 0.15) is 19.6 Å².